The molecular weight excluding hydrogens is 550 g/mol. The van der Waals surface area contributed by atoms with Gasteiger partial charge in [0.2, 0.25) is 5.91 Å². The van der Waals surface area contributed by atoms with E-state index in [2.05, 4.69) is 10.3 Å². The Labute approximate surface area is 238 Å². The number of hydrogen-bond donors (Lipinski definition) is 1. The second-order valence-corrected chi connectivity index (χ2v) is 11.6. The highest BCUT2D eigenvalue weighted by Crippen LogP contribution is 2.36. The van der Waals surface area contributed by atoms with Gasteiger partial charge in [0.1, 0.15) is 27.4 Å². The summed E-state index contributed by atoms with van der Waals surface area (Å²) in [4.78, 5) is 57.8. The van der Waals surface area contributed by atoms with Gasteiger partial charge in [-0.1, -0.05) is 36.8 Å². The Bertz CT molecular complexity index is 1620. The van der Waals surface area contributed by atoms with Crippen molar-refractivity contribution in [3.63, 3.8) is 0 Å². The number of nitrogens with one attached hydrogen (secondary N) is 1. The lowest BCUT2D eigenvalue weighted by Crippen LogP contribution is -2.28. The molecule has 0 unspecified atom stereocenters. The first-order valence-corrected chi connectivity index (χ1v) is 14.8. The van der Waals surface area contributed by atoms with Crippen LogP contribution in [0.2, 0.25) is 0 Å². The first-order chi connectivity index (χ1) is 19.4. The van der Waals surface area contributed by atoms with Crippen LogP contribution < -0.4 is 10.9 Å². The number of thiophene rings is 2. The highest BCUT2D eigenvalue weighted by molar-refractivity contribution is 7.20. The van der Waals surface area contributed by atoms with Crippen LogP contribution in [0.1, 0.15) is 64.6 Å². The number of amides is 1. The highest BCUT2D eigenvalue weighted by atomic mass is 32.1. The van der Waals surface area contributed by atoms with Crippen molar-refractivity contribution >= 4 is 55.7 Å². The maximum absolute atomic E-state index is 13.3. The SMILES string of the molecule is CCOC(=O)c1cc(-c2ccccc2)sc1NC(=O)Cn1cnc2sc(C(=O)OC3CCCCC3)c(C)c2c1=O. The van der Waals surface area contributed by atoms with E-state index in [0.29, 0.717) is 25.7 Å². The van der Waals surface area contributed by atoms with Crippen molar-refractivity contribution in [3.8, 4) is 10.4 Å². The number of hydrogen-bond acceptors (Lipinski definition) is 9. The van der Waals surface area contributed by atoms with Gasteiger partial charge in [0, 0.05) is 4.88 Å². The van der Waals surface area contributed by atoms with Crippen LogP contribution in [-0.4, -0.2) is 40.1 Å². The summed E-state index contributed by atoms with van der Waals surface area (Å²) in [6.45, 7) is 3.29. The monoisotopic (exact) mass is 579 g/mol. The Balaban J connectivity index is 1.37. The summed E-state index contributed by atoms with van der Waals surface area (Å²) in [6.07, 6.45) is 6.13. The summed E-state index contributed by atoms with van der Waals surface area (Å²) in [7, 11) is 0. The first kappa shape index (κ1) is 27.7. The second-order valence-electron chi connectivity index (χ2n) is 9.57. The molecule has 40 heavy (non-hydrogen) atoms. The lowest BCUT2D eigenvalue weighted by Gasteiger charge is -2.21. The number of carbonyl (C=O) groups excluding carboxylic acids is 3. The fraction of sp³-hybridized carbons (Fsp3) is 0.345. The van der Waals surface area contributed by atoms with E-state index in [1.165, 1.54) is 22.2 Å². The number of benzene rings is 1. The molecule has 0 radical (unpaired) electrons. The number of esters is 2. The predicted molar refractivity (Wildman–Crippen MR) is 155 cm³/mol. The van der Waals surface area contributed by atoms with Gasteiger partial charge >= 0.3 is 11.9 Å². The topological polar surface area (TPSA) is 117 Å². The van der Waals surface area contributed by atoms with Gasteiger partial charge in [-0.05, 0) is 56.7 Å². The normalized spacial score (nSPS) is 13.8. The van der Waals surface area contributed by atoms with Crippen molar-refractivity contribution in [2.24, 2.45) is 0 Å². The molecule has 1 fully saturated rings. The van der Waals surface area contributed by atoms with Crippen molar-refractivity contribution < 1.29 is 23.9 Å². The Morgan fingerprint density at radius 3 is 2.55 bits per heavy atom. The molecule has 0 aliphatic heterocycles. The summed E-state index contributed by atoms with van der Waals surface area (Å²) >= 11 is 2.38. The van der Waals surface area contributed by atoms with Crippen LogP contribution in [0.3, 0.4) is 0 Å². The van der Waals surface area contributed by atoms with Gasteiger partial charge in [0.05, 0.1) is 23.9 Å². The van der Waals surface area contributed by atoms with Crippen molar-refractivity contribution in [1.29, 1.82) is 0 Å². The standard InChI is InChI=1S/C29H29N3O6S2/c1-3-37-28(35)20-14-21(18-10-6-4-7-11-18)39-25(20)31-22(33)15-32-16-30-26-23(27(32)34)17(2)24(40-26)29(36)38-19-12-8-5-9-13-19/h4,6-7,10-11,14,16,19H,3,5,8-9,12-13,15H2,1-2H3,(H,31,33). The number of ether oxygens (including phenoxy) is 2. The van der Waals surface area contributed by atoms with Gasteiger partial charge < -0.3 is 14.8 Å². The number of carbonyl (C=O) groups is 3. The Morgan fingerprint density at radius 2 is 1.82 bits per heavy atom. The molecular formula is C29H29N3O6S2. The fourth-order valence-electron chi connectivity index (χ4n) is 4.76. The van der Waals surface area contributed by atoms with Crippen LogP contribution in [0, 0.1) is 6.92 Å². The molecule has 9 nitrogen and oxygen atoms in total. The second kappa shape index (κ2) is 12.1. The van der Waals surface area contributed by atoms with Crippen molar-refractivity contribution in [2.75, 3.05) is 11.9 Å². The van der Waals surface area contributed by atoms with Crippen molar-refractivity contribution in [3.05, 3.63) is 69.1 Å². The van der Waals surface area contributed by atoms with E-state index in [4.69, 9.17) is 9.47 Å². The number of aromatic nitrogens is 2. The zero-order valence-corrected chi connectivity index (χ0v) is 23.9. The van der Waals surface area contributed by atoms with Gasteiger partial charge in [0.15, 0.2) is 0 Å². The molecule has 1 aliphatic carbocycles. The number of rotatable bonds is 8. The zero-order valence-electron chi connectivity index (χ0n) is 22.2. The molecule has 1 saturated carbocycles. The van der Waals surface area contributed by atoms with Gasteiger partial charge in [-0.15, -0.1) is 22.7 Å². The lowest BCUT2D eigenvalue weighted by atomic mass is 9.98. The summed E-state index contributed by atoms with van der Waals surface area (Å²) in [5, 5.41) is 3.40. The lowest BCUT2D eigenvalue weighted by molar-refractivity contribution is -0.116. The minimum absolute atomic E-state index is 0.0988. The molecule has 0 bridgehead atoms. The van der Waals surface area contributed by atoms with Crippen molar-refractivity contribution in [1.82, 2.24) is 9.55 Å². The predicted octanol–water partition coefficient (Wildman–Crippen LogP) is 5.80. The van der Waals surface area contributed by atoms with Gasteiger partial charge in [-0.3, -0.25) is 14.2 Å². The third-order valence-corrected chi connectivity index (χ3v) is 9.06. The van der Waals surface area contributed by atoms with E-state index in [1.807, 2.05) is 30.3 Å². The van der Waals surface area contributed by atoms with E-state index in [-0.39, 0.29) is 24.8 Å². The summed E-state index contributed by atoms with van der Waals surface area (Å²) < 4.78 is 12.1. The van der Waals surface area contributed by atoms with Gasteiger partial charge in [-0.25, -0.2) is 14.6 Å². The molecule has 4 aromatic rings. The smallest absolute Gasteiger partial charge is 0.348 e. The summed E-state index contributed by atoms with van der Waals surface area (Å²) in [5.41, 5.74) is 1.22. The third kappa shape index (κ3) is 5.85. The number of anilines is 1. The first-order valence-electron chi connectivity index (χ1n) is 13.2. The molecule has 208 valence electrons. The fourth-order valence-corrected chi connectivity index (χ4v) is 6.85. The number of aryl methyl sites for hydroxylation is 1. The number of nitrogens with zero attached hydrogens (tertiary/aromatic N) is 2. The molecule has 5 rings (SSSR count). The summed E-state index contributed by atoms with van der Waals surface area (Å²) in [6, 6.07) is 11.2. The maximum atomic E-state index is 13.3. The molecule has 0 atom stereocenters. The zero-order chi connectivity index (χ0) is 28.2. The largest absolute Gasteiger partial charge is 0.462 e. The quantitative estimate of drug-likeness (QED) is 0.262. The van der Waals surface area contributed by atoms with E-state index in [9.17, 15) is 19.2 Å². The van der Waals surface area contributed by atoms with Crippen LogP contribution in [0.5, 0.6) is 0 Å². The molecule has 3 heterocycles. The van der Waals surface area contributed by atoms with Crippen LogP contribution in [0.4, 0.5) is 5.00 Å². The van der Waals surface area contributed by atoms with Crippen LogP contribution in [-0.2, 0) is 20.8 Å². The summed E-state index contributed by atoms with van der Waals surface area (Å²) in [5.74, 6) is -1.48. The molecule has 1 aliphatic rings. The minimum atomic E-state index is -0.543. The van der Waals surface area contributed by atoms with Crippen molar-refractivity contribution in [2.45, 2.75) is 58.6 Å². The Hall–Kier alpha value is -3.83. The molecule has 1 amide bonds. The highest BCUT2D eigenvalue weighted by Gasteiger charge is 2.25. The molecule has 0 spiro atoms. The van der Waals surface area contributed by atoms with Crippen LogP contribution in [0.25, 0.3) is 20.7 Å². The van der Waals surface area contributed by atoms with Crippen LogP contribution in [0.15, 0.2) is 47.5 Å². The van der Waals surface area contributed by atoms with Gasteiger partial charge in [-0.2, -0.15) is 0 Å². The van der Waals surface area contributed by atoms with E-state index in [1.54, 1.807) is 19.9 Å². The molecule has 1 aromatic carbocycles. The third-order valence-electron chi connectivity index (χ3n) is 6.78. The maximum Gasteiger partial charge on any atom is 0.348 e. The van der Waals surface area contributed by atoms with E-state index >= 15 is 0 Å². The molecule has 0 saturated heterocycles. The molecule has 11 heteroatoms. The average molecular weight is 580 g/mol. The minimum Gasteiger partial charge on any atom is -0.462 e. The number of fused-ring (bicyclic) bond motifs is 1. The Kier molecular flexibility index (Phi) is 8.41. The van der Waals surface area contributed by atoms with Gasteiger partial charge in [0.25, 0.3) is 5.56 Å². The molecule has 3 aromatic heterocycles. The Morgan fingerprint density at radius 1 is 1.07 bits per heavy atom. The van der Waals surface area contributed by atoms with E-state index in [0.717, 1.165) is 53.9 Å². The molecule has 1 N–H and O–H groups in total. The van der Waals surface area contributed by atoms with Crippen LogP contribution >= 0.6 is 22.7 Å². The van der Waals surface area contributed by atoms with E-state index < -0.39 is 23.4 Å². The average Bonchev–Trinajstić information content (AvgIpc) is 3.53.